The van der Waals surface area contributed by atoms with Crippen molar-refractivity contribution in [1.82, 2.24) is 14.4 Å². The molecule has 0 fully saturated rings. The van der Waals surface area contributed by atoms with Crippen LogP contribution in [0.25, 0.3) is 11.4 Å². The molecular formula is C15H10Br2N5OP. The van der Waals surface area contributed by atoms with Gasteiger partial charge in [0.1, 0.15) is 0 Å². The van der Waals surface area contributed by atoms with Crippen molar-refractivity contribution in [3.05, 3.63) is 68.6 Å². The van der Waals surface area contributed by atoms with Crippen LogP contribution in [-0.4, -0.2) is 14.4 Å². The van der Waals surface area contributed by atoms with Gasteiger partial charge >= 0.3 is 8.08 Å². The maximum atomic E-state index is 12.0. The summed E-state index contributed by atoms with van der Waals surface area (Å²) in [6.07, 6.45) is 0. The van der Waals surface area contributed by atoms with E-state index in [-0.39, 0.29) is 0 Å². The number of hydrogen-bond acceptors (Lipinski definition) is 5. The minimum atomic E-state index is -1.96. The highest BCUT2D eigenvalue weighted by Crippen LogP contribution is 2.33. The van der Waals surface area contributed by atoms with Crippen LogP contribution in [0.1, 0.15) is 11.1 Å². The minimum Gasteiger partial charge on any atom is -0.587 e. The van der Waals surface area contributed by atoms with Crippen LogP contribution in [0.2, 0.25) is 0 Å². The Bertz CT molecular complexity index is 938. The van der Waals surface area contributed by atoms with Crippen molar-refractivity contribution < 1.29 is 4.89 Å². The van der Waals surface area contributed by atoms with Gasteiger partial charge in [-0.15, -0.1) is 0 Å². The number of nitrogens with one attached hydrogen (secondary N) is 2. The van der Waals surface area contributed by atoms with Gasteiger partial charge < -0.3 is 10.2 Å². The summed E-state index contributed by atoms with van der Waals surface area (Å²) >= 11 is 6.89. The van der Waals surface area contributed by atoms with Gasteiger partial charge in [-0.3, -0.25) is 5.43 Å². The van der Waals surface area contributed by atoms with Gasteiger partial charge in [0.15, 0.2) is 0 Å². The van der Waals surface area contributed by atoms with E-state index in [9.17, 15) is 4.89 Å². The Balaban J connectivity index is 1.88. The van der Waals surface area contributed by atoms with E-state index >= 15 is 0 Å². The van der Waals surface area contributed by atoms with E-state index in [1.165, 1.54) is 4.44 Å². The normalized spacial score (nSPS) is 14.0. The van der Waals surface area contributed by atoms with E-state index in [4.69, 9.17) is 0 Å². The molecule has 0 saturated carbocycles. The van der Waals surface area contributed by atoms with E-state index in [1.54, 1.807) is 0 Å². The summed E-state index contributed by atoms with van der Waals surface area (Å²) < 4.78 is 3.43. The van der Waals surface area contributed by atoms with Gasteiger partial charge in [0.25, 0.3) is 5.95 Å². The third-order valence-electron chi connectivity index (χ3n) is 3.56. The third kappa shape index (κ3) is 2.86. The SMILES string of the molecule is [O-][p+]1nnc2n1NC(c1ccc(Br)cc1)=C(c1ccc(Br)cc1)N2. The number of nitrogens with zero attached hydrogens (tertiary/aromatic N) is 3. The molecule has 0 amide bonds. The molecule has 4 rings (SSSR count). The molecule has 2 aromatic carbocycles. The van der Waals surface area contributed by atoms with E-state index in [2.05, 4.69) is 52.6 Å². The smallest absolute Gasteiger partial charge is 0.347 e. The highest BCUT2D eigenvalue weighted by atomic mass is 79.9. The van der Waals surface area contributed by atoms with Crippen molar-refractivity contribution in [3.63, 3.8) is 0 Å². The summed E-state index contributed by atoms with van der Waals surface area (Å²) in [5, 5.41) is 7.17. The van der Waals surface area contributed by atoms with Crippen LogP contribution in [0.3, 0.4) is 0 Å². The van der Waals surface area contributed by atoms with E-state index < -0.39 is 8.08 Å². The molecule has 1 atom stereocenters. The Morgan fingerprint density at radius 2 is 1.42 bits per heavy atom. The standard InChI is InChI=1S/C15H10Br2N5OP/c16-11-5-1-9(2-6-11)13-14(10-3-7-12(17)8-4-10)20-22-15(18-13)19-21-24(22)23/h1-8,20H,(H,18,19). The van der Waals surface area contributed by atoms with Crippen LogP contribution in [0.5, 0.6) is 0 Å². The molecular weight excluding hydrogens is 457 g/mol. The van der Waals surface area contributed by atoms with Gasteiger partial charge in [0, 0.05) is 20.1 Å². The van der Waals surface area contributed by atoms with Crippen LogP contribution in [0.15, 0.2) is 57.5 Å². The van der Waals surface area contributed by atoms with Gasteiger partial charge in [0.05, 0.1) is 16.3 Å². The average Bonchev–Trinajstić information content (AvgIpc) is 2.96. The summed E-state index contributed by atoms with van der Waals surface area (Å²) in [6, 6.07) is 15.8. The quantitative estimate of drug-likeness (QED) is 0.602. The molecule has 0 spiro atoms. The molecule has 120 valence electrons. The van der Waals surface area contributed by atoms with E-state index in [1.807, 2.05) is 48.5 Å². The Morgan fingerprint density at radius 3 is 2.00 bits per heavy atom. The molecule has 0 saturated heterocycles. The zero-order valence-corrected chi connectivity index (χ0v) is 16.1. The third-order valence-corrected chi connectivity index (χ3v) is 5.49. The fourth-order valence-electron chi connectivity index (χ4n) is 2.41. The molecule has 1 unspecified atom stereocenters. The summed E-state index contributed by atoms with van der Waals surface area (Å²) in [5.41, 5.74) is 6.77. The number of fused-ring (bicyclic) bond motifs is 1. The lowest BCUT2D eigenvalue weighted by Crippen LogP contribution is -2.24. The number of hydrogen-bond donors (Lipinski definition) is 2. The molecule has 0 bridgehead atoms. The number of halogens is 2. The van der Waals surface area contributed by atoms with Gasteiger partial charge in [-0.2, -0.15) is 0 Å². The summed E-state index contributed by atoms with van der Waals surface area (Å²) in [4.78, 5) is 15.7. The van der Waals surface area contributed by atoms with E-state index in [0.29, 0.717) is 5.95 Å². The van der Waals surface area contributed by atoms with Gasteiger partial charge in [0.2, 0.25) is 0 Å². The van der Waals surface area contributed by atoms with Crippen LogP contribution in [0.4, 0.5) is 5.95 Å². The van der Waals surface area contributed by atoms with Crippen LogP contribution in [-0.2, 0) is 0 Å². The van der Waals surface area contributed by atoms with Crippen molar-refractivity contribution in [3.8, 4) is 0 Å². The highest BCUT2D eigenvalue weighted by molar-refractivity contribution is 9.10. The van der Waals surface area contributed by atoms with E-state index in [0.717, 1.165) is 31.5 Å². The number of anilines is 1. The van der Waals surface area contributed by atoms with Gasteiger partial charge in [-0.25, -0.2) is 0 Å². The van der Waals surface area contributed by atoms with Crippen LogP contribution in [0, 0.1) is 0 Å². The second kappa shape index (κ2) is 6.29. The fourth-order valence-corrected chi connectivity index (χ4v) is 3.62. The summed E-state index contributed by atoms with van der Waals surface area (Å²) in [5.74, 6) is 0.426. The number of benzene rings is 2. The topological polar surface area (TPSA) is 77.8 Å². The zero-order chi connectivity index (χ0) is 16.7. The number of aromatic nitrogens is 3. The highest BCUT2D eigenvalue weighted by Gasteiger charge is 2.26. The number of rotatable bonds is 2. The molecule has 2 heterocycles. The molecule has 1 aromatic heterocycles. The first-order chi connectivity index (χ1) is 11.6. The first kappa shape index (κ1) is 15.8. The largest absolute Gasteiger partial charge is 0.587 e. The van der Waals surface area contributed by atoms with Crippen LogP contribution >= 0.6 is 39.9 Å². The molecule has 9 heteroatoms. The lowest BCUT2D eigenvalue weighted by Gasteiger charge is -2.22. The maximum Gasteiger partial charge on any atom is 0.347 e. The monoisotopic (exact) mass is 465 g/mol. The lowest BCUT2D eigenvalue weighted by molar-refractivity contribution is -0.156. The lowest BCUT2D eigenvalue weighted by atomic mass is 10.0. The predicted octanol–water partition coefficient (Wildman–Crippen LogP) is 3.69. The molecule has 3 aromatic rings. The zero-order valence-electron chi connectivity index (χ0n) is 12.1. The molecule has 2 N–H and O–H groups in total. The Labute approximate surface area is 155 Å². The first-order valence-corrected chi connectivity index (χ1v) is 9.73. The van der Waals surface area contributed by atoms with Crippen molar-refractivity contribution in [2.45, 2.75) is 0 Å². The van der Waals surface area contributed by atoms with Crippen molar-refractivity contribution >= 4 is 57.3 Å². The Kier molecular flexibility index (Phi) is 4.14. The van der Waals surface area contributed by atoms with Crippen molar-refractivity contribution in [2.75, 3.05) is 10.7 Å². The van der Waals surface area contributed by atoms with Gasteiger partial charge in [-0.05, 0) is 28.7 Å². The van der Waals surface area contributed by atoms with Crippen molar-refractivity contribution in [2.24, 2.45) is 0 Å². The molecule has 1 aliphatic heterocycles. The second-order valence-electron chi connectivity index (χ2n) is 5.08. The van der Waals surface area contributed by atoms with Crippen molar-refractivity contribution in [1.29, 1.82) is 0 Å². The Morgan fingerprint density at radius 1 is 0.875 bits per heavy atom. The Hall–Kier alpha value is -1.73. The summed E-state index contributed by atoms with van der Waals surface area (Å²) in [6.45, 7) is 0. The molecule has 1 aliphatic rings. The fraction of sp³-hybridized carbons (Fsp3) is 0. The molecule has 6 nitrogen and oxygen atoms in total. The molecule has 0 radical (unpaired) electrons. The molecule has 0 aliphatic carbocycles. The van der Waals surface area contributed by atoms with Gasteiger partial charge in [-0.1, -0.05) is 61.2 Å². The predicted molar refractivity (Wildman–Crippen MR) is 101 cm³/mol. The summed E-state index contributed by atoms with van der Waals surface area (Å²) in [7, 11) is -1.96. The average molecular weight is 467 g/mol. The van der Waals surface area contributed by atoms with Crippen LogP contribution < -0.4 is 15.6 Å². The second-order valence-corrected chi connectivity index (χ2v) is 7.99. The molecule has 24 heavy (non-hydrogen) atoms. The minimum absolute atomic E-state index is 0.426. The first-order valence-electron chi connectivity index (χ1n) is 6.97. The maximum absolute atomic E-state index is 12.0.